The lowest BCUT2D eigenvalue weighted by Gasteiger charge is -2.29. The fourth-order valence-electron chi connectivity index (χ4n) is 1.74. The molecule has 6 nitrogen and oxygen atoms in total. The highest BCUT2D eigenvalue weighted by atomic mass is 16.6. The maximum atomic E-state index is 12.3. The summed E-state index contributed by atoms with van der Waals surface area (Å²) < 4.78 is 9.89. The highest BCUT2D eigenvalue weighted by Gasteiger charge is 2.46. The van der Waals surface area contributed by atoms with Gasteiger partial charge in [-0.3, -0.25) is 0 Å². The Morgan fingerprint density at radius 3 is 2.05 bits per heavy atom. The lowest BCUT2D eigenvalue weighted by molar-refractivity contribution is -0.170. The fourth-order valence-corrected chi connectivity index (χ4v) is 1.74. The van der Waals surface area contributed by atoms with Gasteiger partial charge in [0.05, 0.1) is 7.11 Å². The number of nitrogen functional groups attached to an aromatic ring is 1. The molecule has 1 aromatic carbocycles. The Balaban J connectivity index is 3.06. The molecule has 4 N–H and O–H groups in total. The molecule has 0 unspecified atom stereocenters. The average Bonchev–Trinajstić information content (AvgIpc) is 2.38. The van der Waals surface area contributed by atoms with Crippen LogP contribution in [0.4, 0.5) is 5.69 Å². The van der Waals surface area contributed by atoms with Gasteiger partial charge in [-0.1, -0.05) is 12.1 Å². The highest BCUT2D eigenvalue weighted by molar-refractivity contribution is 6.05. The van der Waals surface area contributed by atoms with Crippen molar-refractivity contribution < 1.29 is 19.1 Å². The monoisotopic (exact) mass is 294 g/mol. The van der Waals surface area contributed by atoms with Gasteiger partial charge in [0.2, 0.25) is 5.54 Å². The molecule has 0 radical (unpaired) electrons. The Hall–Kier alpha value is -2.08. The SMILES string of the molecule is COC(=O)[C@@](N)(Cc1ccc(N)cc1)C(=O)OC(C)(C)C. The van der Waals surface area contributed by atoms with E-state index in [9.17, 15) is 9.59 Å². The van der Waals surface area contributed by atoms with Crippen LogP contribution >= 0.6 is 0 Å². The predicted octanol–water partition coefficient (Wildman–Crippen LogP) is 1.02. The maximum Gasteiger partial charge on any atom is 0.338 e. The number of nitrogens with two attached hydrogens (primary N) is 2. The van der Waals surface area contributed by atoms with Crippen molar-refractivity contribution in [2.24, 2.45) is 5.73 Å². The maximum absolute atomic E-state index is 12.3. The van der Waals surface area contributed by atoms with E-state index in [-0.39, 0.29) is 6.42 Å². The standard InChI is InChI=1S/C15H22N2O4/c1-14(2,3)21-13(19)15(17,12(18)20-4)9-10-5-7-11(16)8-6-10/h5-8H,9,16-17H2,1-4H3/t15-/m0/s1. The van der Waals surface area contributed by atoms with Crippen molar-refractivity contribution in [2.45, 2.75) is 38.3 Å². The summed E-state index contributed by atoms with van der Waals surface area (Å²) in [5.74, 6) is -1.66. The van der Waals surface area contributed by atoms with Crippen LogP contribution in [-0.2, 0) is 25.5 Å². The second-order valence-electron chi connectivity index (χ2n) is 5.88. The Morgan fingerprint density at radius 2 is 1.62 bits per heavy atom. The first-order valence-corrected chi connectivity index (χ1v) is 6.53. The summed E-state index contributed by atoms with van der Waals surface area (Å²) in [4.78, 5) is 24.2. The number of methoxy groups -OCH3 is 1. The van der Waals surface area contributed by atoms with E-state index in [1.54, 1.807) is 45.0 Å². The highest BCUT2D eigenvalue weighted by Crippen LogP contribution is 2.19. The smallest absolute Gasteiger partial charge is 0.338 e. The second-order valence-corrected chi connectivity index (χ2v) is 5.88. The van der Waals surface area contributed by atoms with Gasteiger partial charge in [0, 0.05) is 12.1 Å². The molecule has 0 aliphatic carbocycles. The molecule has 0 fully saturated rings. The molecular weight excluding hydrogens is 272 g/mol. The van der Waals surface area contributed by atoms with Crippen molar-refractivity contribution in [3.63, 3.8) is 0 Å². The number of ether oxygens (including phenoxy) is 2. The van der Waals surface area contributed by atoms with Crippen LogP contribution in [0.15, 0.2) is 24.3 Å². The molecule has 0 saturated heterocycles. The molecule has 116 valence electrons. The van der Waals surface area contributed by atoms with Crippen molar-refractivity contribution in [2.75, 3.05) is 12.8 Å². The molecule has 1 aromatic rings. The molecule has 0 aliphatic rings. The molecule has 0 aliphatic heterocycles. The summed E-state index contributed by atoms with van der Waals surface area (Å²) in [5.41, 5.74) is 10.2. The number of hydrogen-bond donors (Lipinski definition) is 2. The van der Waals surface area contributed by atoms with Crippen molar-refractivity contribution in [3.05, 3.63) is 29.8 Å². The normalized spacial score (nSPS) is 14.1. The van der Waals surface area contributed by atoms with E-state index >= 15 is 0 Å². The zero-order chi connectivity index (χ0) is 16.3. The van der Waals surface area contributed by atoms with Crippen LogP contribution in [0.3, 0.4) is 0 Å². The van der Waals surface area contributed by atoms with Gasteiger partial charge in [-0.25, -0.2) is 9.59 Å². The van der Waals surface area contributed by atoms with Gasteiger partial charge in [0.1, 0.15) is 5.60 Å². The summed E-state index contributed by atoms with van der Waals surface area (Å²) in [7, 11) is 1.18. The largest absolute Gasteiger partial charge is 0.467 e. The molecule has 1 rings (SSSR count). The van der Waals surface area contributed by atoms with Gasteiger partial charge < -0.3 is 20.9 Å². The molecule has 0 amide bonds. The Bertz CT molecular complexity index is 519. The number of carbonyl (C=O) groups excluding carboxylic acids is 2. The van der Waals surface area contributed by atoms with Gasteiger partial charge in [-0.15, -0.1) is 0 Å². The van der Waals surface area contributed by atoms with Gasteiger partial charge in [-0.05, 0) is 38.5 Å². The van der Waals surface area contributed by atoms with Crippen molar-refractivity contribution in [1.82, 2.24) is 0 Å². The van der Waals surface area contributed by atoms with Crippen LogP contribution in [0, 0.1) is 0 Å². The van der Waals surface area contributed by atoms with Crippen molar-refractivity contribution >= 4 is 17.6 Å². The van der Waals surface area contributed by atoms with Crippen LogP contribution in [0.2, 0.25) is 0 Å². The van der Waals surface area contributed by atoms with E-state index in [1.165, 1.54) is 7.11 Å². The van der Waals surface area contributed by atoms with Gasteiger partial charge in [-0.2, -0.15) is 0 Å². The van der Waals surface area contributed by atoms with Crippen molar-refractivity contribution in [1.29, 1.82) is 0 Å². The lowest BCUT2D eigenvalue weighted by Crippen LogP contribution is -2.59. The fraction of sp³-hybridized carbons (Fsp3) is 0.467. The Morgan fingerprint density at radius 1 is 1.10 bits per heavy atom. The summed E-state index contributed by atoms with van der Waals surface area (Å²) in [6.07, 6.45) is -0.0329. The number of anilines is 1. The predicted molar refractivity (Wildman–Crippen MR) is 79.3 cm³/mol. The molecule has 0 bridgehead atoms. The van der Waals surface area contributed by atoms with Gasteiger partial charge in [0.15, 0.2) is 0 Å². The summed E-state index contributed by atoms with van der Waals surface area (Å²) in [6.45, 7) is 5.10. The summed E-state index contributed by atoms with van der Waals surface area (Å²) in [5, 5.41) is 0. The van der Waals surface area contributed by atoms with E-state index in [0.29, 0.717) is 11.3 Å². The third kappa shape index (κ3) is 4.46. The molecule has 1 atom stereocenters. The molecule has 0 saturated carbocycles. The minimum Gasteiger partial charge on any atom is -0.467 e. The molecular formula is C15H22N2O4. The Labute approximate surface area is 124 Å². The number of carbonyl (C=O) groups is 2. The van der Waals surface area contributed by atoms with Crippen LogP contribution < -0.4 is 11.5 Å². The summed E-state index contributed by atoms with van der Waals surface area (Å²) >= 11 is 0. The topological polar surface area (TPSA) is 105 Å². The van der Waals surface area contributed by atoms with Crippen LogP contribution in [0.1, 0.15) is 26.3 Å². The van der Waals surface area contributed by atoms with Crippen molar-refractivity contribution in [3.8, 4) is 0 Å². The number of esters is 2. The van der Waals surface area contributed by atoms with Gasteiger partial charge in [0.25, 0.3) is 0 Å². The first kappa shape index (κ1) is 17.0. The molecule has 6 heteroatoms. The van der Waals surface area contributed by atoms with E-state index < -0.39 is 23.1 Å². The minimum atomic E-state index is -1.89. The van der Waals surface area contributed by atoms with Crippen LogP contribution in [0.25, 0.3) is 0 Å². The van der Waals surface area contributed by atoms with Crippen LogP contribution in [0.5, 0.6) is 0 Å². The zero-order valence-corrected chi connectivity index (χ0v) is 12.8. The number of hydrogen-bond acceptors (Lipinski definition) is 6. The zero-order valence-electron chi connectivity index (χ0n) is 12.8. The third-order valence-electron chi connectivity index (χ3n) is 2.78. The Kier molecular flexibility index (Phi) is 4.96. The first-order valence-electron chi connectivity index (χ1n) is 6.53. The molecule has 21 heavy (non-hydrogen) atoms. The minimum absolute atomic E-state index is 0.0329. The van der Waals surface area contributed by atoms with Gasteiger partial charge >= 0.3 is 11.9 Å². The average molecular weight is 294 g/mol. The van der Waals surface area contributed by atoms with E-state index in [2.05, 4.69) is 4.74 Å². The lowest BCUT2D eigenvalue weighted by atomic mass is 9.91. The molecule has 0 heterocycles. The third-order valence-corrected chi connectivity index (χ3v) is 2.78. The second kappa shape index (κ2) is 6.13. The van der Waals surface area contributed by atoms with E-state index in [1.807, 2.05) is 0 Å². The molecule has 0 spiro atoms. The first-order chi connectivity index (χ1) is 9.58. The van der Waals surface area contributed by atoms with E-state index in [0.717, 1.165) is 0 Å². The molecule has 0 aromatic heterocycles. The van der Waals surface area contributed by atoms with Crippen LogP contribution in [-0.4, -0.2) is 30.2 Å². The quantitative estimate of drug-likeness (QED) is 0.488. The number of rotatable bonds is 4. The summed E-state index contributed by atoms with van der Waals surface area (Å²) in [6, 6.07) is 6.73. The van der Waals surface area contributed by atoms with E-state index in [4.69, 9.17) is 16.2 Å². The number of benzene rings is 1.